The lowest BCUT2D eigenvalue weighted by molar-refractivity contribution is -0.119. The van der Waals surface area contributed by atoms with Crippen molar-refractivity contribution < 1.29 is 9.53 Å². The Morgan fingerprint density at radius 1 is 1.30 bits per heavy atom. The molecule has 0 aliphatic carbocycles. The predicted molar refractivity (Wildman–Crippen MR) is 79.8 cm³/mol. The summed E-state index contributed by atoms with van der Waals surface area (Å²) >= 11 is 0. The lowest BCUT2D eigenvalue weighted by Gasteiger charge is -2.18. The minimum Gasteiger partial charge on any atom is -0.491 e. The Morgan fingerprint density at radius 2 is 2.00 bits per heavy atom. The molecule has 2 unspecified atom stereocenters. The number of rotatable bonds is 6. The van der Waals surface area contributed by atoms with Gasteiger partial charge in [0, 0.05) is 25.0 Å². The molecular weight excluding hydrogens is 252 g/mol. The van der Waals surface area contributed by atoms with Gasteiger partial charge in [0.1, 0.15) is 5.75 Å². The third kappa shape index (κ3) is 4.23. The van der Waals surface area contributed by atoms with E-state index >= 15 is 0 Å². The summed E-state index contributed by atoms with van der Waals surface area (Å²) in [7, 11) is 0. The molecule has 2 atom stereocenters. The first-order valence-corrected chi connectivity index (χ1v) is 7.34. The second kappa shape index (κ2) is 6.75. The van der Waals surface area contributed by atoms with Crippen molar-refractivity contribution in [2.75, 3.05) is 6.54 Å². The van der Waals surface area contributed by atoms with E-state index in [4.69, 9.17) is 4.74 Å². The van der Waals surface area contributed by atoms with Crippen LogP contribution in [0.3, 0.4) is 0 Å². The number of benzene rings is 1. The summed E-state index contributed by atoms with van der Waals surface area (Å²) in [5.41, 5.74) is 1.23. The summed E-state index contributed by atoms with van der Waals surface area (Å²) in [6, 6.07) is 8.72. The molecule has 110 valence electrons. The van der Waals surface area contributed by atoms with Crippen LogP contribution in [0.4, 0.5) is 0 Å². The maximum Gasteiger partial charge on any atom is 0.220 e. The molecule has 1 amide bonds. The van der Waals surface area contributed by atoms with E-state index < -0.39 is 0 Å². The monoisotopic (exact) mass is 276 g/mol. The molecule has 0 bridgehead atoms. The topological polar surface area (TPSA) is 50.4 Å². The van der Waals surface area contributed by atoms with Crippen LogP contribution in [0.15, 0.2) is 24.3 Å². The largest absolute Gasteiger partial charge is 0.491 e. The first kappa shape index (κ1) is 14.9. The van der Waals surface area contributed by atoms with Crippen LogP contribution in [0.25, 0.3) is 0 Å². The van der Waals surface area contributed by atoms with Crippen molar-refractivity contribution in [2.24, 2.45) is 0 Å². The first-order valence-electron chi connectivity index (χ1n) is 7.34. The molecule has 1 fully saturated rings. The quantitative estimate of drug-likeness (QED) is 0.839. The van der Waals surface area contributed by atoms with Crippen molar-refractivity contribution in [1.82, 2.24) is 10.6 Å². The second-order valence-corrected chi connectivity index (χ2v) is 5.67. The van der Waals surface area contributed by atoms with Crippen molar-refractivity contribution in [3.63, 3.8) is 0 Å². The van der Waals surface area contributed by atoms with Gasteiger partial charge in [-0.2, -0.15) is 0 Å². The third-order valence-corrected chi connectivity index (χ3v) is 3.51. The summed E-state index contributed by atoms with van der Waals surface area (Å²) in [5, 5.41) is 6.44. The van der Waals surface area contributed by atoms with Crippen LogP contribution >= 0.6 is 0 Å². The van der Waals surface area contributed by atoms with E-state index in [1.54, 1.807) is 0 Å². The van der Waals surface area contributed by atoms with Gasteiger partial charge in [-0.05, 0) is 44.9 Å². The number of carbonyl (C=O) groups is 1. The molecule has 4 nitrogen and oxygen atoms in total. The Morgan fingerprint density at radius 3 is 2.55 bits per heavy atom. The highest BCUT2D eigenvalue weighted by Gasteiger charge is 2.20. The number of carbonyl (C=O) groups excluding carboxylic acids is 1. The van der Waals surface area contributed by atoms with E-state index in [0.29, 0.717) is 6.42 Å². The average molecular weight is 276 g/mol. The molecule has 20 heavy (non-hydrogen) atoms. The highest BCUT2D eigenvalue weighted by atomic mass is 16.5. The average Bonchev–Trinajstić information content (AvgIpc) is 2.82. The zero-order valence-electron chi connectivity index (χ0n) is 12.5. The number of ether oxygens (including phenoxy) is 1. The maximum atomic E-state index is 11.1. The fourth-order valence-corrected chi connectivity index (χ4v) is 2.37. The summed E-state index contributed by atoms with van der Waals surface area (Å²) in [6.45, 7) is 6.99. The van der Waals surface area contributed by atoms with E-state index in [9.17, 15) is 4.79 Å². The minimum absolute atomic E-state index is 0.166. The molecule has 1 aliphatic heterocycles. The van der Waals surface area contributed by atoms with Gasteiger partial charge in [-0.15, -0.1) is 0 Å². The fourth-order valence-electron chi connectivity index (χ4n) is 2.37. The third-order valence-electron chi connectivity index (χ3n) is 3.51. The van der Waals surface area contributed by atoms with E-state index in [-0.39, 0.29) is 24.1 Å². The maximum absolute atomic E-state index is 11.1. The van der Waals surface area contributed by atoms with Gasteiger partial charge in [-0.25, -0.2) is 0 Å². The fraction of sp³-hybridized carbons (Fsp3) is 0.562. The highest BCUT2D eigenvalue weighted by molar-refractivity contribution is 5.78. The molecule has 0 saturated carbocycles. The number of hydrogen-bond donors (Lipinski definition) is 2. The molecule has 0 aromatic heterocycles. The normalized spacial score (nSPS) is 20.0. The van der Waals surface area contributed by atoms with E-state index in [2.05, 4.69) is 29.7 Å². The lowest BCUT2D eigenvalue weighted by Crippen LogP contribution is -2.36. The van der Waals surface area contributed by atoms with Crippen molar-refractivity contribution in [2.45, 2.75) is 51.8 Å². The van der Waals surface area contributed by atoms with Crippen LogP contribution in [0.5, 0.6) is 5.75 Å². The minimum atomic E-state index is 0.166. The Hall–Kier alpha value is -1.55. The molecule has 1 aliphatic rings. The van der Waals surface area contributed by atoms with Gasteiger partial charge in [0.05, 0.1) is 6.10 Å². The van der Waals surface area contributed by atoms with Crippen LogP contribution in [0.2, 0.25) is 0 Å². The van der Waals surface area contributed by atoms with Crippen molar-refractivity contribution in [3.05, 3.63) is 29.8 Å². The molecular formula is C16H24N2O2. The zero-order valence-corrected chi connectivity index (χ0v) is 12.5. The van der Waals surface area contributed by atoms with E-state index in [1.165, 1.54) is 5.56 Å². The summed E-state index contributed by atoms with van der Waals surface area (Å²) in [6.07, 6.45) is 1.78. The van der Waals surface area contributed by atoms with Crippen molar-refractivity contribution in [1.29, 1.82) is 0 Å². The molecule has 1 saturated heterocycles. The molecule has 2 rings (SSSR count). The van der Waals surface area contributed by atoms with Crippen molar-refractivity contribution >= 4 is 5.91 Å². The standard InChI is InChI=1S/C16H24N2O2/c1-11(2)20-15-7-4-13(5-8-15)12(3)17-10-14-6-9-16(19)18-14/h4-5,7-8,11-12,14,17H,6,9-10H2,1-3H3,(H,18,19). The first-order chi connectivity index (χ1) is 9.54. The second-order valence-electron chi connectivity index (χ2n) is 5.67. The lowest BCUT2D eigenvalue weighted by atomic mass is 10.1. The highest BCUT2D eigenvalue weighted by Crippen LogP contribution is 2.18. The number of amides is 1. The van der Waals surface area contributed by atoms with Crippen LogP contribution in [0, 0.1) is 0 Å². The number of nitrogens with one attached hydrogen (secondary N) is 2. The SMILES string of the molecule is CC(C)Oc1ccc(C(C)NCC2CCC(=O)N2)cc1. The summed E-state index contributed by atoms with van der Waals surface area (Å²) in [4.78, 5) is 11.1. The van der Waals surface area contributed by atoms with Crippen LogP contribution in [0.1, 0.15) is 45.2 Å². The molecule has 1 heterocycles. The Balaban J connectivity index is 1.82. The zero-order chi connectivity index (χ0) is 14.5. The molecule has 2 N–H and O–H groups in total. The van der Waals surface area contributed by atoms with E-state index in [1.807, 2.05) is 26.0 Å². The molecule has 1 aromatic rings. The van der Waals surface area contributed by atoms with Crippen LogP contribution < -0.4 is 15.4 Å². The Labute approximate surface area is 120 Å². The molecule has 1 aromatic carbocycles. The van der Waals surface area contributed by atoms with Gasteiger partial charge in [0.25, 0.3) is 0 Å². The summed E-state index contributed by atoms with van der Waals surface area (Å²) < 4.78 is 5.63. The molecule has 4 heteroatoms. The van der Waals surface area contributed by atoms with Crippen LogP contribution in [-0.2, 0) is 4.79 Å². The van der Waals surface area contributed by atoms with E-state index in [0.717, 1.165) is 18.7 Å². The smallest absolute Gasteiger partial charge is 0.220 e. The van der Waals surface area contributed by atoms with Gasteiger partial charge >= 0.3 is 0 Å². The van der Waals surface area contributed by atoms with Gasteiger partial charge < -0.3 is 15.4 Å². The Bertz CT molecular complexity index is 442. The van der Waals surface area contributed by atoms with Gasteiger partial charge in [0.2, 0.25) is 5.91 Å². The van der Waals surface area contributed by atoms with Gasteiger partial charge in [0.15, 0.2) is 0 Å². The van der Waals surface area contributed by atoms with Crippen LogP contribution in [-0.4, -0.2) is 24.6 Å². The van der Waals surface area contributed by atoms with Gasteiger partial charge in [-0.3, -0.25) is 4.79 Å². The predicted octanol–water partition coefficient (Wildman–Crippen LogP) is 2.40. The van der Waals surface area contributed by atoms with Crippen molar-refractivity contribution in [3.8, 4) is 5.75 Å². The van der Waals surface area contributed by atoms with Gasteiger partial charge in [-0.1, -0.05) is 12.1 Å². The molecule has 0 spiro atoms. The Kier molecular flexibility index (Phi) is 5.01. The number of hydrogen-bond acceptors (Lipinski definition) is 3. The molecule has 0 radical (unpaired) electrons. The summed E-state index contributed by atoms with van der Waals surface area (Å²) in [5.74, 6) is 1.07.